The lowest BCUT2D eigenvalue weighted by molar-refractivity contribution is 0.251. The van der Waals surface area contributed by atoms with E-state index in [9.17, 15) is 8.78 Å². The SMILES string of the molecule is Cc1ccccc1CCNCc1ccc(CSC(F)F)o1. The van der Waals surface area contributed by atoms with Crippen LogP contribution in [-0.4, -0.2) is 12.3 Å². The highest BCUT2D eigenvalue weighted by Crippen LogP contribution is 2.21. The van der Waals surface area contributed by atoms with Crippen molar-refractivity contribution in [2.45, 2.75) is 31.4 Å². The van der Waals surface area contributed by atoms with Crippen molar-refractivity contribution in [3.05, 3.63) is 59.0 Å². The van der Waals surface area contributed by atoms with E-state index in [0.29, 0.717) is 24.1 Å². The number of thioether (sulfide) groups is 1. The molecule has 2 rings (SSSR count). The molecule has 0 fully saturated rings. The largest absolute Gasteiger partial charge is 0.464 e. The maximum atomic E-state index is 12.1. The molecule has 0 amide bonds. The van der Waals surface area contributed by atoms with Crippen molar-refractivity contribution < 1.29 is 13.2 Å². The second-order valence-electron chi connectivity index (χ2n) is 4.79. The highest BCUT2D eigenvalue weighted by atomic mass is 32.2. The molecule has 1 N–H and O–H groups in total. The van der Waals surface area contributed by atoms with Crippen LogP contribution in [0.5, 0.6) is 0 Å². The van der Waals surface area contributed by atoms with Gasteiger partial charge in [-0.05, 0) is 43.1 Å². The molecule has 0 spiro atoms. The molecule has 0 aliphatic rings. The molecule has 0 aliphatic carbocycles. The van der Waals surface area contributed by atoms with Crippen LogP contribution in [0, 0.1) is 6.92 Å². The van der Waals surface area contributed by atoms with Gasteiger partial charge in [0.2, 0.25) is 0 Å². The third-order valence-electron chi connectivity index (χ3n) is 3.20. The van der Waals surface area contributed by atoms with Gasteiger partial charge in [-0.2, -0.15) is 8.78 Å². The van der Waals surface area contributed by atoms with Gasteiger partial charge in [-0.15, -0.1) is 0 Å². The lowest BCUT2D eigenvalue weighted by atomic mass is 10.1. The molecule has 21 heavy (non-hydrogen) atoms. The zero-order valence-electron chi connectivity index (χ0n) is 11.9. The smallest absolute Gasteiger partial charge is 0.284 e. The fourth-order valence-electron chi connectivity index (χ4n) is 2.07. The van der Waals surface area contributed by atoms with Gasteiger partial charge >= 0.3 is 0 Å². The van der Waals surface area contributed by atoms with Gasteiger partial charge in [-0.25, -0.2) is 0 Å². The van der Waals surface area contributed by atoms with E-state index in [2.05, 4.69) is 24.4 Å². The second-order valence-corrected chi connectivity index (χ2v) is 5.77. The number of hydrogen-bond acceptors (Lipinski definition) is 3. The van der Waals surface area contributed by atoms with Gasteiger partial charge in [0.1, 0.15) is 11.5 Å². The lowest BCUT2D eigenvalue weighted by Gasteiger charge is -2.06. The molecular formula is C16H19F2NOS. The van der Waals surface area contributed by atoms with Gasteiger partial charge in [-0.3, -0.25) is 0 Å². The van der Waals surface area contributed by atoms with E-state index >= 15 is 0 Å². The molecule has 0 bridgehead atoms. The van der Waals surface area contributed by atoms with Gasteiger partial charge < -0.3 is 9.73 Å². The quantitative estimate of drug-likeness (QED) is 0.733. The van der Waals surface area contributed by atoms with E-state index in [-0.39, 0.29) is 5.75 Å². The number of alkyl halides is 2. The number of halogens is 2. The molecule has 2 aromatic rings. The summed E-state index contributed by atoms with van der Waals surface area (Å²) >= 11 is 0.577. The van der Waals surface area contributed by atoms with Gasteiger partial charge in [0.15, 0.2) is 0 Å². The maximum absolute atomic E-state index is 12.1. The maximum Gasteiger partial charge on any atom is 0.284 e. The van der Waals surface area contributed by atoms with Crippen molar-refractivity contribution in [1.29, 1.82) is 0 Å². The first kappa shape index (κ1) is 16.0. The first-order valence-corrected chi connectivity index (χ1v) is 7.92. The Morgan fingerprint density at radius 2 is 1.90 bits per heavy atom. The summed E-state index contributed by atoms with van der Waals surface area (Å²) in [6.45, 7) is 3.58. The minimum atomic E-state index is -2.36. The fraction of sp³-hybridized carbons (Fsp3) is 0.375. The highest BCUT2D eigenvalue weighted by Gasteiger charge is 2.07. The first-order valence-electron chi connectivity index (χ1n) is 6.87. The Labute approximate surface area is 127 Å². The van der Waals surface area contributed by atoms with Crippen LogP contribution < -0.4 is 5.32 Å². The summed E-state index contributed by atoms with van der Waals surface area (Å²) in [6.07, 6.45) is 0.960. The van der Waals surface area contributed by atoms with Crippen LogP contribution in [0.25, 0.3) is 0 Å². The number of benzene rings is 1. The predicted octanol–water partition coefficient (Wildman–Crippen LogP) is 4.38. The van der Waals surface area contributed by atoms with Crippen LogP contribution in [0.3, 0.4) is 0 Å². The molecule has 2 nitrogen and oxygen atoms in total. The Morgan fingerprint density at radius 1 is 1.14 bits per heavy atom. The highest BCUT2D eigenvalue weighted by molar-refractivity contribution is 7.98. The van der Waals surface area contributed by atoms with E-state index in [4.69, 9.17) is 4.42 Å². The second kappa shape index (κ2) is 8.20. The summed E-state index contributed by atoms with van der Waals surface area (Å²) in [5.41, 5.74) is 2.63. The van der Waals surface area contributed by atoms with E-state index in [1.165, 1.54) is 11.1 Å². The van der Waals surface area contributed by atoms with Crippen molar-refractivity contribution in [1.82, 2.24) is 5.32 Å². The van der Waals surface area contributed by atoms with E-state index < -0.39 is 5.76 Å². The minimum Gasteiger partial charge on any atom is -0.464 e. The van der Waals surface area contributed by atoms with Crippen LogP contribution in [0.1, 0.15) is 22.6 Å². The van der Waals surface area contributed by atoms with Crippen molar-refractivity contribution in [2.75, 3.05) is 6.54 Å². The van der Waals surface area contributed by atoms with Crippen molar-refractivity contribution in [3.63, 3.8) is 0 Å². The van der Waals surface area contributed by atoms with Crippen molar-refractivity contribution in [3.8, 4) is 0 Å². The normalized spacial score (nSPS) is 11.2. The zero-order chi connectivity index (χ0) is 15.1. The Balaban J connectivity index is 1.70. The van der Waals surface area contributed by atoms with Crippen molar-refractivity contribution in [2.24, 2.45) is 0 Å². The summed E-state index contributed by atoms with van der Waals surface area (Å²) in [7, 11) is 0. The molecule has 1 heterocycles. The minimum absolute atomic E-state index is 0.209. The van der Waals surface area contributed by atoms with E-state index in [1.807, 2.05) is 18.2 Å². The molecule has 0 atom stereocenters. The molecule has 5 heteroatoms. The molecule has 0 radical (unpaired) electrons. The summed E-state index contributed by atoms with van der Waals surface area (Å²) < 4.78 is 29.7. The summed E-state index contributed by atoms with van der Waals surface area (Å²) in [5, 5.41) is 3.31. The number of furan rings is 1. The molecule has 1 aromatic heterocycles. The van der Waals surface area contributed by atoms with Gasteiger partial charge in [0.05, 0.1) is 12.3 Å². The van der Waals surface area contributed by atoms with Crippen LogP contribution in [0.2, 0.25) is 0 Å². The van der Waals surface area contributed by atoms with E-state index in [0.717, 1.165) is 18.7 Å². The average molecular weight is 311 g/mol. The van der Waals surface area contributed by atoms with Crippen LogP contribution in [-0.2, 0) is 18.7 Å². The third-order valence-corrected chi connectivity index (χ3v) is 3.90. The lowest BCUT2D eigenvalue weighted by Crippen LogP contribution is -2.16. The third kappa shape index (κ3) is 5.52. The van der Waals surface area contributed by atoms with Crippen LogP contribution >= 0.6 is 11.8 Å². The first-order chi connectivity index (χ1) is 10.1. The van der Waals surface area contributed by atoms with Crippen LogP contribution in [0.15, 0.2) is 40.8 Å². The summed E-state index contributed by atoms with van der Waals surface area (Å²) in [4.78, 5) is 0. The number of aryl methyl sites for hydroxylation is 1. The Bertz CT molecular complexity index is 557. The molecular weight excluding hydrogens is 292 g/mol. The molecule has 0 unspecified atom stereocenters. The molecule has 0 aliphatic heterocycles. The zero-order valence-corrected chi connectivity index (χ0v) is 12.8. The Kier molecular flexibility index (Phi) is 6.26. The molecule has 114 valence electrons. The number of rotatable bonds is 8. The van der Waals surface area contributed by atoms with Crippen molar-refractivity contribution >= 4 is 11.8 Å². The van der Waals surface area contributed by atoms with Crippen LogP contribution in [0.4, 0.5) is 8.78 Å². The molecule has 0 saturated carbocycles. The van der Waals surface area contributed by atoms with Gasteiger partial charge in [-0.1, -0.05) is 36.0 Å². The molecule has 0 saturated heterocycles. The van der Waals surface area contributed by atoms with E-state index in [1.54, 1.807) is 6.07 Å². The number of nitrogens with one attached hydrogen (secondary N) is 1. The monoisotopic (exact) mass is 311 g/mol. The summed E-state index contributed by atoms with van der Waals surface area (Å²) in [6, 6.07) is 11.9. The van der Waals surface area contributed by atoms with Gasteiger partial charge in [0, 0.05) is 0 Å². The fourth-order valence-corrected chi connectivity index (χ4v) is 2.51. The van der Waals surface area contributed by atoms with Gasteiger partial charge in [0.25, 0.3) is 5.76 Å². The standard InChI is InChI=1S/C16H19F2NOS/c1-12-4-2-3-5-13(12)8-9-19-10-14-6-7-15(20-14)11-21-16(17)18/h2-7,16,19H,8-11H2,1H3. The Hall–Kier alpha value is -1.33. The Morgan fingerprint density at radius 3 is 2.67 bits per heavy atom. The summed E-state index contributed by atoms with van der Waals surface area (Å²) in [5.74, 6) is -0.771. The predicted molar refractivity (Wildman–Crippen MR) is 82.6 cm³/mol. The average Bonchev–Trinajstić information content (AvgIpc) is 2.91. The molecule has 1 aromatic carbocycles. The topological polar surface area (TPSA) is 25.2 Å². The number of hydrogen-bond donors (Lipinski definition) is 1.